The zero-order valence-electron chi connectivity index (χ0n) is 12.7. The van der Waals surface area contributed by atoms with Crippen molar-refractivity contribution in [2.24, 2.45) is 0 Å². The SMILES string of the molecule is CS(=O)(=O)C[C@@H](NC(=O)c1cc(F)cc(Br)c1O)c1ccccc1. The van der Waals surface area contributed by atoms with Crippen molar-refractivity contribution in [3.8, 4) is 5.75 Å². The highest BCUT2D eigenvalue weighted by atomic mass is 79.9. The molecule has 0 bridgehead atoms. The van der Waals surface area contributed by atoms with Gasteiger partial charge >= 0.3 is 0 Å². The molecule has 1 atom stereocenters. The van der Waals surface area contributed by atoms with Gasteiger partial charge in [0.2, 0.25) is 0 Å². The number of phenols is 1. The van der Waals surface area contributed by atoms with Gasteiger partial charge in [-0.15, -0.1) is 0 Å². The van der Waals surface area contributed by atoms with Crippen LogP contribution >= 0.6 is 15.9 Å². The first kappa shape index (κ1) is 18.4. The van der Waals surface area contributed by atoms with Crippen molar-refractivity contribution in [3.63, 3.8) is 0 Å². The molecular weight excluding hydrogens is 401 g/mol. The van der Waals surface area contributed by atoms with Crippen molar-refractivity contribution in [3.05, 3.63) is 63.9 Å². The first-order valence-corrected chi connectivity index (χ1v) is 9.74. The van der Waals surface area contributed by atoms with Crippen molar-refractivity contribution >= 4 is 31.7 Å². The fraction of sp³-hybridized carbons (Fsp3) is 0.188. The Kier molecular flexibility index (Phi) is 5.61. The minimum absolute atomic E-state index is 0.0343. The van der Waals surface area contributed by atoms with E-state index >= 15 is 0 Å². The maximum Gasteiger partial charge on any atom is 0.255 e. The van der Waals surface area contributed by atoms with Gasteiger partial charge < -0.3 is 10.4 Å². The van der Waals surface area contributed by atoms with Gasteiger partial charge in [0.05, 0.1) is 21.8 Å². The van der Waals surface area contributed by atoms with Crippen LogP contribution in [0.2, 0.25) is 0 Å². The van der Waals surface area contributed by atoms with Crippen LogP contribution in [0.15, 0.2) is 46.9 Å². The van der Waals surface area contributed by atoms with Crippen molar-refractivity contribution < 1.29 is 22.7 Å². The van der Waals surface area contributed by atoms with Crippen molar-refractivity contribution in [2.45, 2.75) is 6.04 Å². The van der Waals surface area contributed by atoms with Gasteiger partial charge in [-0.1, -0.05) is 30.3 Å². The Morgan fingerprint density at radius 1 is 1.29 bits per heavy atom. The standard InChI is InChI=1S/C16H15BrFNO4S/c1-24(22,23)9-14(10-5-3-2-4-6-10)19-16(21)12-7-11(18)8-13(17)15(12)20/h2-8,14,20H,9H2,1H3,(H,19,21)/t14-/m1/s1. The fourth-order valence-electron chi connectivity index (χ4n) is 2.18. The second-order valence-corrected chi connectivity index (χ2v) is 8.35. The Balaban J connectivity index is 2.35. The molecule has 2 rings (SSSR count). The van der Waals surface area contributed by atoms with E-state index in [1.165, 1.54) is 0 Å². The molecule has 1 amide bonds. The van der Waals surface area contributed by atoms with Gasteiger partial charge in [0.15, 0.2) is 0 Å². The Hall–Kier alpha value is -1.93. The quantitative estimate of drug-likeness (QED) is 0.786. The summed E-state index contributed by atoms with van der Waals surface area (Å²) in [5, 5.41) is 12.5. The molecule has 0 fully saturated rings. The Morgan fingerprint density at radius 2 is 1.92 bits per heavy atom. The monoisotopic (exact) mass is 415 g/mol. The number of halogens is 2. The Labute approximate surface area is 147 Å². The molecule has 8 heteroatoms. The van der Waals surface area contributed by atoms with E-state index in [1.54, 1.807) is 30.3 Å². The molecule has 0 unspecified atom stereocenters. The van der Waals surface area contributed by atoms with Crippen LogP contribution in [0.3, 0.4) is 0 Å². The average Bonchev–Trinajstić information content (AvgIpc) is 2.49. The van der Waals surface area contributed by atoms with Crippen LogP contribution in [-0.4, -0.2) is 31.4 Å². The van der Waals surface area contributed by atoms with Gasteiger partial charge in [-0.2, -0.15) is 0 Å². The highest BCUT2D eigenvalue weighted by molar-refractivity contribution is 9.10. The van der Waals surface area contributed by atoms with Crippen LogP contribution < -0.4 is 5.32 Å². The third-order valence-electron chi connectivity index (χ3n) is 3.25. The van der Waals surface area contributed by atoms with Crippen LogP contribution in [0.1, 0.15) is 22.0 Å². The summed E-state index contributed by atoms with van der Waals surface area (Å²) in [6.07, 6.45) is 1.06. The van der Waals surface area contributed by atoms with E-state index < -0.39 is 33.4 Å². The molecule has 128 valence electrons. The number of benzene rings is 2. The van der Waals surface area contributed by atoms with E-state index in [0.717, 1.165) is 18.4 Å². The highest BCUT2D eigenvalue weighted by Gasteiger charge is 2.23. The molecule has 2 N–H and O–H groups in total. The maximum atomic E-state index is 13.5. The molecule has 0 aliphatic rings. The summed E-state index contributed by atoms with van der Waals surface area (Å²) < 4.78 is 36.8. The highest BCUT2D eigenvalue weighted by Crippen LogP contribution is 2.29. The summed E-state index contributed by atoms with van der Waals surface area (Å²) in [6, 6.07) is 9.64. The molecule has 2 aromatic rings. The maximum absolute atomic E-state index is 13.5. The lowest BCUT2D eigenvalue weighted by Gasteiger charge is -2.19. The van der Waals surface area contributed by atoms with E-state index in [9.17, 15) is 22.7 Å². The number of hydrogen-bond donors (Lipinski definition) is 2. The number of carbonyl (C=O) groups is 1. The molecule has 2 aromatic carbocycles. The molecule has 0 saturated heterocycles. The Morgan fingerprint density at radius 3 is 2.50 bits per heavy atom. The lowest BCUT2D eigenvalue weighted by atomic mass is 10.1. The lowest BCUT2D eigenvalue weighted by molar-refractivity contribution is 0.0937. The van der Waals surface area contributed by atoms with Gasteiger partial charge in [-0.3, -0.25) is 4.79 Å². The summed E-state index contributed by atoms with van der Waals surface area (Å²) in [4.78, 5) is 12.4. The zero-order chi connectivity index (χ0) is 17.9. The minimum atomic E-state index is -3.39. The zero-order valence-corrected chi connectivity index (χ0v) is 15.1. The molecule has 5 nitrogen and oxygen atoms in total. The summed E-state index contributed by atoms with van der Waals surface area (Å²) in [7, 11) is -3.39. The van der Waals surface area contributed by atoms with Crippen LogP contribution in [0, 0.1) is 5.82 Å². The van der Waals surface area contributed by atoms with Crippen LogP contribution in [-0.2, 0) is 9.84 Å². The third-order valence-corrected chi connectivity index (χ3v) is 4.79. The van der Waals surface area contributed by atoms with Crippen molar-refractivity contribution in [2.75, 3.05) is 12.0 Å². The molecule has 0 spiro atoms. The number of carbonyl (C=O) groups excluding carboxylic acids is 1. The number of phenolic OH excluding ortho intramolecular Hbond substituents is 1. The lowest BCUT2D eigenvalue weighted by Crippen LogP contribution is -2.33. The second-order valence-electron chi connectivity index (χ2n) is 5.31. The van der Waals surface area contributed by atoms with Gasteiger partial charge in [0.25, 0.3) is 5.91 Å². The number of sulfone groups is 1. The molecule has 0 aliphatic carbocycles. The molecule has 0 aromatic heterocycles. The topological polar surface area (TPSA) is 83.5 Å². The van der Waals surface area contributed by atoms with E-state index in [-0.39, 0.29) is 15.8 Å². The predicted molar refractivity (Wildman–Crippen MR) is 92.1 cm³/mol. The largest absolute Gasteiger partial charge is 0.506 e. The first-order valence-electron chi connectivity index (χ1n) is 6.89. The first-order chi connectivity index (χ1) is 11.2. The smallest absolute Gasteiger partial charge is 0.255 e. The molecule has 0 radical (unpaired) electrons. The van der Waals surface area contributed by atoms with E-state index in [1.807, 2.05) is 0 Å². The summed E-state index contributed by atoms with van der Waals surface area (Å²) >= 11 is 2.96. The van der Waals surface area contributed by atoms with Gasteiger partial charge in [-0.05, 0) is 33.6 Å². The summed E-state index contributed by atoms with van der Waals surface area (Å²) in [5.41, 5.74) is 0.308. The number of amides is 1. The number of hydrogen-bond acceptors (Lipinski definition) is 4. The van der Waals surface area contributed by atoms with Crippen molar-refractivity contribution in [1.29, 1.82) is 0 Å². The van der Waals surface area contributed by atoms with Gasteiger partial charge in [0, 0.05) is 6.26 Å². The fourth-order valence-corrected chi connectivity index (χ4v) is 3.50. The van der Waals surface area contributed by atoms with Crippen LogP contribution in [0.4, 0.5) is 4.39 Å². The third kappa shape index (κ3) is 4.78. The van der Waals surface area contributed by atoms with Crippen LogP contribution in [0.5, 0.6) is 5.75 Å². The summed E-state index contributed by atoms with van der Waals surface area (Å²) in [5.74, 6) is -2.21. The normalized spacial score (nSPS) is 12.6. The van der Waals surface area contributed by atoms with E-state index in [0.29, 0.717) is 5.56 Å². The molecular formula is C16H15BrFNO4S. The van der Waals surface area contributed by atoms with Crippen LogP contribution in [0.25, 0.3) is 0 Å². The molecule has 0 saturated carbocycles. The average molecular weight is 416 g/mol. The summed E-state index contributed by atoms with van der Waals surface area (Å²) in [6.45, 7) is 0. The van der Waals surface area contributed by atoms with Gasteiger partial charge in [0.1, 0.15) is 21.4 Å². The number of rotatable bonds is 5. The number of nitrogens with one attached hydrogen (secondary N) is 1. The molecule has 0 aliphatic heterocycles. The van der Waals surface area contributed by atoms with E-state index in [2.05, 4.69) is 21.2 Å². The predicted octanol–water partition coefficient (Wildman–Crippen LogP) is 2.81. The second kappa shape index (κ2) is 7.31. The number of aromatic hydroxyl groups is 1. The van der Waals surface area contributed by atoms with Crippen molar-refractivity contribution in [1.82, 2.24) is 5.32 Å². The Bertz CT molecular complexity index is 856. The minimum Gasteiger partial charge on any atom is -0.506 e. The van der Waals surface area contributed by atoms with Gasteiger partial charge in [-0.25, -0.2) is 12.8 Å². The molecule has 24 heavy (non-hydrogen) atoms. The van der Waals surface area contributed by atoms with E-state index in [4.69, 9.17) is 0 Å². The molecule has 0 heterocycles.